The monoisotopic (exact) mass is 261 g/mol. The van der Waals surface area contributed by atoms with Gasteiger partial charge >= 0.3 is 0 Å². The number of piperidine rings is 1. The van der Waals surface area contributed by atoms with Crippen LogP contribution in [-0.2, 0) is 10.3 Å². The molecule has 1 aromatic carbocycles. The minimum Gasteiger partial charge on any atom is -0.370 e. The van der Waals surface area contributed by atoms with E-state index in [4.69, 9.17) is 4.74 Å². The van der Waals surface area contributed by atoms with Gasteiger partial charge in [-0.05, 0) is 32.4 Å². The standard InChI is InChI=1S/C17H27NO/c1-5-11-19-17(16-9-7-6-8-10-16)12-15(3)18(4)13-14(17)2/h6-10,14-15H,5,11-13H2,1-4H3. The minimum absolute atomic E-state index is 0.108. The van der Waals surface area contributed by atoms with Gasteiger partial charge in [-0.15, -0.1) is 0 Å². The molecule has 2 nitrogen and oxygen atoms in total. The van der Waals surface area contributed by atoms with Crippen LogP contribution in [0.4, 0.5) is 0 Å². The summed E-state index contributed by atoms with van der Waals surface area (Å²) in [7, 11) is 2.22. The van der Waals surface area contributed by atoms with Gasteiger partial charge in [0.05, 0.1) is 5.60 Å². The third-order valence-corrected chi connectivity index (χ3v) is 4.54. The lowest BCUT2D eigenvalue weighted by Gasteiger charge is -2.49. The first-order valence-electron chi connectivity index (χ1n) is 7.50. The molecule has 2 heteroatoms. The Morgan fingerprint density at radius 2 is 1.95 bits per heavy atom. The summed E-state index contributed by atoms with van der Waals surface area (Å²) in [6.45, 7) is 8.75. The summed E-state index contributed by atoms with van der Waals surface area (Å²) in [5.41, 5.74) is 1.24. The smallest absolute Gasteiger partial charge is 0.0983 e. The molecule has 0 N–H and O–H groups in total. The van der Waals surface area contributed by atoms with Gasteiger partial charge in [0.15, 0.2) is 0 Å². The quantitative estimate of drug-likeness (QED) is 0.820. The maximum atomic E-state index is 6.41. The molecule has 3 atom stereocenters. The van der Waals surface area contributed by atoms with Gasteiger partial charge in [0, 0.05) is 25.1 Å². The number of nitrogens with zero attached hydrogens (tertiary/aromatic N) is 1. The first kappa shape index (κ1) is 14.5. The number of ether oxygens (including phenoxy) is 1. The Kier molecular flexibility index (Phi) is 4.64. The Morgan fingerprint density at radius 1 is 1.26 bits per heavy atom. The summed E-state index contributed by atoms with van der Waals surface area (Å²) in [5.74, 6) is 0.516. The normalized spacial score (nSPS) is 32.4. The summed E-state index contributed by atoms with van der Waals surface area (Å²) < 4.78 is 6.41. The Labute approximate surface area is 117 Å². The first-order chi connectivity index (χ1) is 9.10. The van der Waals surface area contributed by atoms with Gasteiger partial charge < -0.3 is 9.64 Å². The van der Waals surface area contributed by atoms with Crippen molar-refractivity contribution in [2.45, 2.75) is 45.3 Å². The molecule has 0 amide bonds. The van der Waals surface area contributed by atoms with Crippen LogP contribution in [0, 0.1) is 5.92 Å². The van der Waals surface area contributed by atoms with E-state index in [-0.39, 0.29) is 5.60 Å². The van der Waals surface area contributed by atoms with Gasteiger partial charge in [0.25, 0.3) is 0 Å². The minimum atomic E-state index is -0.108. The summed E-state index contributed by atoms with van der Waals surface area (Å²) >= 11 is 0. The van der Waals surface area contributed by atoms with Crippen LogP contribution in [0.2, 0.25) is 0 Å². The number of rotatable bonds is 4. The maximum Gasteiger partial charge on any atom is 0.0983 e. The predicted molar refractivity (Wildman–Crippen MR) is 80.2 cm³/mol. The second-order valence-electron chi connectivity index (χ2n) is 6.00. The van der Waals surface area contributed by atoms with Crippen LogP contribution in [0.1, 0.15) is 39.2 Å². The fourth-order valence-corrected chi connectivity index (χ4v) is 3.25. The van der Waals surface area contributed by atoms with Crippen molar-refractivity contribution >= 4 is 0 Å². The third kappa shape index (κ3) is 2.85. The predicted octanol–water partition coefficient (Wildman–Crippen LogP) is 3.67. The number of hydrogen-bond acceptors (Lipinski definition) is 2. The van der Waals surface area contributed by atoms with Gasteiger partial charge in [-0.3, -0.25) is 0 Å². The largest absolute Gasteiger partial charge is 0.370 e. The molecule has 0 aliphatic carbocycles. The molecule has 1 saturated heterocycles. The van der Waals surface area contributed by atoms with Crippen LogP contribution in [0.15, 0.2) is 30.3 Å². The summed E-state index contributed by atoms with van der Waals surface area (Å²) in [6.07, 6.45) is 2.15. The van der Waals surface area contributed by atoms with Gasteiger partial charge in [-0.1, -0.05) is 44.2 Å². The highest BCUT2D eigenvalue weighted by Crippen LogP contribution is 2.42. The van der Waals surface area contributed by atoms with Gasteiger partial charge in [-0.25, -0.2) is 0 Å². The van der Waals surface area contributed by atoms with E-state index in [0.717, 1.165) is 26.0 Å². The molecule has 1 aliphatic rings. The van der Waals surface area contributed by atoms with E-state index in [9.17, 15) is 0 Å². The van der Waals surface area contributed by atoms with Crippen LogP contribution < -0.4 is 0 Å². The van der Waals surface area contributed by atoms with Crippen LogP contribution in [0.3, 0.4) is 0 Å². The summed E-state index contributed by atoms with van der Waals surface area (Å²) in [6, 6.07) is 11.4. The van der Waals surface area contributed by atoms with Crippen molar-refractivity contribution in [3.8, 4) is 0 Å². The number of hydrogen-bond donors (Lipinski definition) is 0. The van der Waals surface area contributed by atoms with Crippen LogP contribution in [0.5, 0.6) is 0 Å². The van der Waals surface area contributed by atoms with E-state index in [1.54, 1.807) is 0 Å². The SMILES string of the molecule is CCCOC1(c2ccccc2)CC(C)N(C)CC1C. The molecule has 3 unspecified atom stereocenters. The van der Waals surface area contributed by atoms with E-state index in [2.05, 4.69) is 63.1 Å². The van der Waals surface area contributed by atoms with Gasteiger partial charge in [0.1, 0.15) is 0 Å². The highest BCUT2D eigenvalue weighted by atomic mass is 16.5. The second-order valence-corrected chi connectivity index (χ2v) is 6.00. The Hall–Kier alpha value is -0.860. The third-order valence-electron chi connectivity index (χ3n) is 4.54. The molecule has 2 rings (SSSR count). The summed E-state index contributed by atoms with van der Waals surface area (Å²) in [5, 5.41) is 0. The molecular weight excluding hydrogens is 234 g/mol. The molecule has 1 fully saturated rings. The lowest BCUT2D eigenvalue weighted by atomic mass is 9.74. The van der Waals surface area contributed by atoms with Gasteiger partial charge in [-0.2, -0.15) is 0 Å². The fourth-order valence-electron chi connectivity index (χ4n) is 3.25. The molecule has 1 aromatic rings. The fraction of sp³-hybridized carbons (Fsp3) is 0.647. The van der Waals surface area contributed by atoms with Crippen molar-refractivity contribution in [3.63, 3.8) is 0 Å². The lowest BCUT2D eigenvalue weighted by molar-refractivity contribution is -0.134. The van der Waals surface area contributed by atoms with Crippen molar-refractivity contribution in [1.82, 2.24) is 4.90 Å². The number of benzene rings is 1. The van der Waals surface area contributed by atoms with E-state index in [1.165, 1.54) is 5.56 Å². The van der Waals surface area contributed by atoms with Crippen LogP contribution in [0.25, 0.3) is 0 Å². The highest BCUT2D eigenvalue weighted by molar-refractivity contribution is 5.25. The van der Waals surface area contributed by atoms with E-state index < -0.39 is 0 Å². The van der Waals surface area contributed by atoms with Crippen LogP contribution in [-0.4, -0.2) is 31.1 Å². The van der Waals surface area contributed by atoms with E-state index in [1.807, 2.05) is 0 Å². The molecule has 0 radical (unpaired) electrons. The zero-order valence-corrected chi connectivity index (χ0v) is 12.7. The van der Waals surface area contributed by atoms with Crippen LogP contribution >= 0.6 is 0 Å². The average molecular weight is 261 g/mol. The van der Waals surface area contributed by atoms with Crippen molar-refractivity contribution in [2.24, 2.45) is 5.92 Å². The molecule has 1 aliphatic heterocycles. The molecule has 19 heavy (non-hydrogen) atoms. The molecule has 106 valence electrons. The molecule has 0 spiro atoms. The van der Waals surface area contributed by atoms with E-state index in [0.29, 0.717) is 12.0 Å². The molecular formula is C17H27NO. The Bertz CT molecular complexity index is 392. The van der Waals surface area contributed by atoms with Crippen molar-refractivity contribution in [1.29, 1.82) is 0 Å². The van der Waals surface area contributed by atoms with E-state index >= 15 is 0 Å². The Morgan fingerprint density at radius 3 is 2.58 bits per heavy atom. The number of likely N-dealkylation sites (tertiary alicyclic amines) is 1. The molecule has 0 aromatic heterocycles. The lowest BCUT2D eigenvalue weighted by Crippen LogP contribution is -2.53. The topological polar surface area (TPSA) is 12.5 Å². The molecule has 1 heterocycles. The van der Waals surface area contributed by atoms with Crippen molar-refractivity contribution < 1.29 is 4.74 Å². The second kappa shape index (κ2) is 6.06. The van der Waals surface area contributed by atoms with Crippen molar-refractivity contribution in [3.05, 3.63) is 35.9 Å². The van der Waals surface area contributed by atoms with Crippen molar-refractivity contribution in [2.75, 3.05) is 20.2 Å². The van der Waals surface area contributed by atoms with Gasteiger partial charge in [0.2, 0.25) is 0 Å². The summed E-state index contributed by atoms with van der Waals surface area (Å²) in [4.78, 5) is 2.45. The highest BCUT2D eigenvalue weighted by Gasteiger charge is 2.44. The average Bonchev–Trinajstić information content (AvgIpc) is 2.42. The zero-order chi connectivity index (χ0) is 13.9. The maximum absolute atomic E-state index is 6.41. The molecule has 0 saturated carbocycles. The molecule has 0 bridgehead atoms. The zero-order valence-electron chi connectivity index (χ0n) is 12.7. The Balaban J connectivity index is 2.34. The first-order valence-corrected chi connectivity index (χ1v) is 7.50.